The molecule has 0 aromatic carbocycles. The molecule has 2 N–H and O–H groups in total. The number of carboxylic acid groups (broad SMARTS) is 1. The van der Waals surface area contributed by atoms with Crippen LogP contribution in [0.1, 0.15) is 27.2 Å². The molecular weight excluding hydrogens is 282 g/mol. The fourth-order valence-corrected chi connectivity index (χ4v) is 1.92. The normalized spacial score (nSPS) is 19.2. The highest BCUT2D eigenvalue weighted by Crippen LogP contribution is 2.26. The number of carbonyl (C=O) groups is 3. The Morgan fingerprint density at radius 1 is 1.29 bits per heavy atom. The molecule has 21 heavy (non-hydrogen) atoms. The van der Waals surface area contributed by atoms with Crippen molar-refractivity contribution in [2.24, 2.45) is 0 Å². The van der Waals surface area contributed by atoms with E-state index >= 15 is 0 Å². The summed E-state index contributed by atoms with van der Waals surface area (Å²) in [7, 11) is 1.06. The fraction of sp³-hybridized carbons (Fsp3) is 0.615. The minimum atomic E-state index is -1.64. The number of amides is 1. The number of rotatable bonds is 2. The van der Waals surface area contributed by atoms with Crippen molar-refractivity contribution in [3.63, 3.8) is 0 Å². The van der Waals surface area contributed by atoms with E-state index in [9.17, 15) is 24.6 Å². The molecule has 1 heterocycles. The van der Waals surface area contributed by atoms with Crippen molar-refractivity contribution in [3.05, 3.63) is 11.3 Å². The van der Waals surface area contributed by atoms with Crippen molar-refractivity contribution >= 4 is 18.0 Å². The van der Waals surface area contributed by atoms with E-state index in [-0.39, 0.29) is 13.0 Å². The predicted octanol–water partition coefficient (Wildman–Crippen LogP) is 1.07. The van der Waals surface area contributed by atoms with Crippen LogP contribution in [0.2, 0.25) is 0 Å². The molecule has 1 rings (SSSR count). The molecule has 1 amide bonds. The smallest absolute Gasteiger partial charge is 0.411 e. The van der Waals surface area contributed by atoms with Crippen LogP contribution in [-0.4, -0.2) is 58.4 Å². The maximum Gasteiger partial charge on any atom is 0.411 e. The van der Waals surface area contributed by atoms with Gasteiger partial charge in [0.05, 0.1) is 7.11 Å². The molecule has 8 nitrogen and oxygen atoms in total. The van der Waals surface area contributed by atoms with Crippen molar-refractivity contribution < 1.29 is 34.1 Å². The third-order valence-corrected chi connectivity index (χ3v) is 2.75. The van der Waals surface area contributed by atoms with Gasteiger partial charge in [0.15, 0.2) is 6.04 Å². The van der Waals surface area contributed by atoms with Crippen LogP contribution in [0.5, 0.6) is 0 Å². The van der Waals surface area contributed by atoms with Crippen LogP contribution in [0.4, 0.5) is 4.79 Å². The van der Waals surface area contributed by atoms with E-state index in [0.717, 1.165) is 12.0 Å². The Morgan fingerprint density at radius 2 is 1.86 bits per heavy atom. The molecule has 0 fully saturated rings. The van der Waals surface area contributed by atoms with Gasteiger partial charge in [-0.1, -0.05) is 0 Å². The Hall–Kier alpha value is -2.25. The average Bonchev–Trinajstić information content (AvgIpc) is 2.34. The van der Waals surface area contributed by atoms with Crippen molar-refractivity contribution in [2.45, 2.75) is 38.8 Å². The lowest BCUT2D eigenvalue weighted by molar-refractivity contribution is -0.146. The quantitative estimate of drug-likeness (QED) is 0.733. The van der Waals surface area contributed by atoms with Gasteiger partial charge in [-0.25, -0.2) is 14.4 Å². The zero-order valence-electron chi connectivity index (χ0n) is 12.4. The predicted molar refractivity (Wildman–Crippen MR) is 70.7 cm³/mol. The van der Waals surface area contributed by atoms with Crippen molar-refractivity contribution in [2.75, 3.05) is 13.7 Å². The average molecular weight is 301 g/mol. The zero-order valence-corrected chi connectivity index (χ0v) is 12.4. The number of hydrogen-bond donors (Lipinski definition) is 2. The van der Waals surface area contributed by atoms with Gasteiger partial charge in [0.1, 0.15) is 16.9 Å². The molecule has 118 valence electrons. The topological polar surface area (TPSA) is 113 Å². The summed E-state index contributed by atoms with van der Waals surface area (Å²) >= 11 is 0. The van der Waals surface area contributed by atoms with Gasteiger partial charge < -0.3 is 19.7 Å². The highest BCUT2D eigenvalue weighted by atomic mass is 16.6. The molecule has 0 aromatic rings. The lowest BCUT2D eigenvalue weighted by atomic mass is 9.98. The summed E-state index contributed by atoms with van der Waals surface area (Å²) < 4.78 is 9.59. The zero-order chi connectivity index (χ0) is 16.4. The summed E-state index contributed by atoms with van der Waals surface area (Å²) in [5.41, 5.74) is -1.27. The maximum absolute atomic E-state index is 12.1. The van der Waals surface area contributed by atoms with E-state index in [1.807, 2.05) is 0 Å². The van der Waals surface area contributed by atoms with Crippen molar-refractivity contribution in [1.29, 1.82) is 0 Å². The number of ether oxygens (including phenoxy) is 2. The highest BCUT2D eigenvalue weighted by molar-refractivity contribution is 5.99. The summed E-state index contributed by atoms with van der Waals surface area (Å²) in [6.45, 7) is 4.84. The van der Waals surface area contributed by atoms with Crippen molar-refractivity contribution in [1.82, 2.24) is 4.90 Å². The fourth-order valence-electron chi connectivity index (χ4n) is 1.92. The second kappa shape index (κ2) is 6.02. The molecule has 0 bridgehead atoms. The summed E-state index contributed by atoms with van der Waals surface area (Å²) in [5, 5.41) is 19.0. The Bertz CT molecular complexity index is 489. The second-order valence-electron chi connectivity index (χ2n) is 5.52. The highest BCUT2D eigenvalue weighted by Gasteiger charge is 2.43. The summed E-state index contributed by atoms with van der Waals surface area (Å²) in [6, 6.07) is -1.64. The number of aliphatic carboxylic acids is 1. The Morgan fingerprint density at radius 3 is 2.29 bits per heavy atom. The maximum atomic E-state index is 12.1. The first-order valence-electron chi connectivity index (χ1n) is 6.31. The van der Waals surface area contributed by atoms with Gasteiger partial charge in [-0.3, -0.25) is 4.90 Å². The molecule has 0 radical (unpaired) electrons. The van der Waals surface area contributed by atoms with Crippen LogP contribution < -0.4 is 0 Å². The van der Waals surface area contributed by atoms with Crippen LogP contribution in [-0.2, 0) is 19.1 Å². The monoisotopic (exact) mass is 301 g/mol. The largest absolute Gasteiger partial charge is 0.512 e. The number of nitrogens with zero attached hydrogens (tertiary/aromatic N) is 1. The summed E-state index contributed by atoms with van der Waals surface area (Å²) in [6.07, 6.45) is -0.920. The first-order valence-corrected chi connectivity index (χ1v) is 6.31. The van der Waals surface area contributed by atoms with E-state index in [2.05, 4.69) is 4.74 Å². The first-order chi connectivity index (χ1) is 9.58. The van der Waals surface area contributed by atoms with Crippen molar-refractivity contribution in [3.8, 4) is 0 Å². The van der Waals surface area contributed by atoms with Gasteiger partial charge in [-0.15, -0.1) is 0 Å². The molecule has 0 aromatic heterocycles. The van der Waals surface area contributed by atoms with E-state index in [0.29, 0.717) is 0 Å². The molecule has 1 aliphatic heterocycles. The van der Waals surface area contributed by atoms with Gasteiger partial charge in [-0.05, 0) is 20.8 Å². The molecule has 1 atom stereocenters. The number of carboxylic acids is 1. The number of methoxy groups -OCH3 is 1. The Balaban J connectivity index is 3.16. The standard InChI is InChI=1S/C13H19NO7/c1-13(2,3)21-12(19)14-6-5-7(15)8(11(18)20-4)9(14)10(16)17/h9,15H,5-6H2,1-4H3,(H,16,17)/t9-/m1/s1. The number of aliphatic hydroxyl groups is 1. The first kappa shape index (κ1) is 16.8. The molecule has 0 unspecified atom stereocenters. The van der Waals surface area contributed by atoms with Crippen LogP contribution >= 0.6 is 0 Å². The summed E-state index contributed by atoms with van der Waals surface area (Å²) in [5.74, 6) is -2.84. The van der Waals surface area contributed by atoms with E-state index in [4.69, 9.17) is 4.74 Å². The lowest BCUT2D eigenvalue weighted by Crippen LogP contribution is -2.52. The van der Waals surface area contributed by atoms with Crippen LogP contribution in [0, 0.1) is 0 Å². The van der Waals surface area contributed by atoms with Gasteiger partial charge in [-0.2, -0.15) is 0 Å². The van der Waals surface area contributed by atoms with Gasteiger partial charge in [0.2, 0.25) is 0 Å². The van der Waals surface area contributed by atoms with Crippen LogP contribution in [0.25, 0.3) is 0 Å². The third kappa shape index (κ3) is 3.87. The van der Waals surface area contributed by atoms with Gasteiger partial charge in [0.25, 0.3) is 0 Å². The lowest BCUT2D eigenvalue weighted by Gasteiger charge is -2.34. The molecule has 0 spiro atoms. The number of esters is 1. The molecule has 1 aliphatic rings. The number of aliphatic hydroxyl groups excluding tert-OH is 1. The minimum absolute atomic E-state index is 0.0482. The summed E-state index contributed by atoms with van der Waals surface area (Å²) in [4.78, 5) is 36.0. The third-order valence-electron chi connectivity index (χ3n) is 2.75. The molecule has 0 aliphatic carbocycles. The number of hydrogen-bond acceptors (Lipinski definition) is 6. The van der Waals surface area contributed by atoms with E-state index in [1.165, 1.54) is 0 Å². The molecular formula is C13H19NO7. The van der Waals surface area contributed by atoms with E-state index < -0.39 is 41.0 Å². The second-order valence-corrected chi connectivity index (χ2v) is 5.52. The molecule has 0 saturated carbocycles. The number of carbonyl (C=O) groups excluding carboxylic acids is 2. The minimum Gasteiger partial charge on any atom is -0.512 e. The van der Waals surface area contributed by atoms with Gasteiger partial charge >= 0.3 is 18.0 Å². The Kier molecular flexibility index (Phi) is 4.82. The molecule has 8 heteroatoms. The van der Waals surface area contributed by atoms with Crippen LogP contribution in [0.3, 0.4) is 0 Å². The van der Waals surface area contributed by atoms with Crippen LogP contribution in [0.15, 0.2) is 11.3 Å². The Labute approximate surface area is 121 Å². The van der Waals surface area contributed by atoms with Gasteiger partial charge in [0, 0.05) is 13.0 Å². The molecule has 0 saturated heterocycles. The SMILES string of the molecule is COC(=O)C1=C(O)CCN(C(=O)OC(C)(C)C)[C@H]1C(=O)O. The van der Waals surface area contributed by atoms with E-state index in [1.54, 1.807) is 20.8 Å².